The Bertz CT molecular complexity index is 1430. The summed E-state index contributed by atoms with van der Waals surface area (Å²) < 4.78 is 27.0. The third kappa shape index (κ3) is 7.19. The van der Waals surface area contributed by atoms with E-state index in [2.05, 4.69) is 10.1 Å². The molecule has 4 rings (SSSR count). The Balaban J connectivity index is 1.47. The highest BCUT2D eigenvalue weighted by atomic mass is 16.5. The van der Waals surface area contributed by atoms with Gasteiger partial charge in [-0.2, -0.15) is 4.98 Å². The summed E-state index contributed by atoms with van der Waals surface area (Å²) in [5.41, 5.74) is 2.71. The molecule has 3 aromatic carbocycles. The van der Waals surface area contributed by atoms with Crippen LogP contribution in [0.1, 0.15) is 17.0 Å². The molecule has 0 spiro atoms. The van der Waals surface area contributed by atoms with Crippen molar-refractivity contribution in [2.45, 2.75) is 12.8 Å². The van der Waals surface area contributed by atoms with E-state index in [9.17, 15) is 4.79 Å². The van der Waals surface area contributed by atoms with Crippen LogP contribution in [0, 0.1) is 0 Å². The molecular weight excluding hydrogens is 510 g/mol. The van der Waals surface area contributed by atoms with Crippen molar-refractivity contribution in [3.8, 4) is 34.4 Å². The van der Waals surface area contributed by atoms with E-state index < -0.39 is 0 Å². The molecule has 1 amide bonds. The number of carbonyl (C=O) groups excluding carboxylic acids is 1. The van der Waals surface area contributed by atoms with Crippen LogP contribution >= 0.6 is 0 Å². The van der Waals surface area contributed by atoms with E-state index in [1.54, 1.807) is 51.5 Å². The molecule has 9 nitrogen and oxygen atoms in total. The number of aromatic nitrogens is 2. The van der Waals surface area contributed by atoms with Gasteiger partial charge in [-0.05, 0) is 54.0 Å². The summed E-state index contributed by atoms with van der Waals surface area (Å²) in [6.07, 6.45) is 4.43. The number of benzene rings is 3. The predicted molar refractivity (Wildman–Crippen MR) is 152 cm³/mol. The number of rotatable bonds is 13. The zero-order chi connectivity index (χ0) is 28.3. The smallest absolute Gasteiger partial charge is 0.246 e. The second kappa shape index (κ2) is 13.8. The molecule has 1 aromatic heterocycles. The number of amides is 1. The van der Waals surface area contributed by atoms with Crippen molar-refractivity contribution in [1.82, 2.24) is 15.0 Å². The standard InChI is InChI=1S/C31H33N3O6/c1-36-25-13-10-23(20-27(25)38-3)16-18-34(30(35)15-11-22-8-6-5-7-9-22)19-17-29-32-31(33-40-29)24-12-14-26(37-2)28(21-24)39-4/h5-15,20-21H,16-19H2,1-4H3. The maximum Gasteiger partial charge on any atom is 0.246 e. The van der Waals surface area contributed by atoms with Gasteiger partial charge in [0.1, 0.15) is 0 Å². The molecule has 0 atom stereocenters. The molecule has 0 bridgehead atoms. The van der Waals surface area contributed by atoms with Gasteiger partial charge in [0, 0.05) is 31.1 Å². The van der Waals surface area contributed by atoms with Gasteiger partial charge in [0.05, 0.1) is 28.4 Å². The minimum Gasteiger partial charge on any atom is -0.493 e. The van der Waals surface area contributed by atoms with Crippen LogP contribution in [0.5, 0.6) is 23.0 Å². The lowest BCUT2D eigenvalue weighted by atomic mass is 10.1. The van der Waals surface area contributed by atoms with Crippen molar-refractivity contribution in [2.75, 3.05) is 41.5 Å². The van der Waals surface area contributed by atoms with Crippen LogP contribution in [-0.2, 0) is 17.6 Å². The van der Waals surface area contributed by atoms with E-state index in [4.69, 9.17) is 23.5 Å². The second-order valence-corrected chi connectivity index (χ2v) is 8.84. The molecule has 1 heterocycles. The molecule has 0 fully saturated rings. The Morgan fingerprint density at radius 2 is 1.45 bits per heavy atom. The molecule has 40 heavy (non-hydrogen) atoms. The zero-order valence-electron chi connectivity index (χ0n) is 23.1. The molecule has 0 radical (unpaired) electrons. The lowest BCUT2D eigenvalue weighted by Gasteiger charge is -2.21. The lowest BCUT2D eigenvalue weighted by Crippen LogP contribution is -2.33. The van der Waals surface area contributed by atoms with E-state index in [1.165, 1.54) is 0 Å². The summed E-state index contributed by atoms with van der Waals surface area (Å²) in [6, 6.07) is 20.9. The average molecular weight is 544 g/mol. The SMILES string of the molecule is COc1ccc(CCN(CCc2nc(-c3ccc(OC)c(OC)c3)no2)C(=O)C=Cc2ccccc2)cc1OC. The summed E-state index contributed by atoms with van der Waals surface area (Å²) in [6.45, 7) is 0.892. The minimum atomic E-state index is -0.107. The molecule has 4 aromatic rings. The second-order valence-electron chi connectivity index (χ2n) is 8.84. The topological polar surface area (TPSA) is 96.2 Å². The van der Waals surface area contributed by atoms with Crippen LogP contribution in [0.4, 0.5) is 0 Å². The maximum atomic E-state index is 13.2. The maximum absolute atomic E-state index is 13.2. The molecule has 0 N–H and O–H groups in total. The summed E-state index contributed by atoms with van der Waals surface area (Å²) >= 11 is 0. The summed E-state index contributed by atoms with van der Waals surface area (Å²) in [5, 5.41) is 4.12. The van der Waals surface area contributed by atoms with Crippen molar-refractivity contribution >= 4 is 12.0 Å². The highest BCUT2D eigenvalue weighted by Gasteiger charge is 2.16. The third-order valence-electron chi connectivity index (χ3n) is 6.35. The van der Waals surface area contributed by atoms with Gasteiger partial charge in [-0.15, -0.1) is 0 Å². The Morgan fingerprint density at radius 1 is 0.800 bits per heavy atom. The van der Waals surface area contributed by atoms with Gasteiger partial charge < -0.3 is 28.4 Å². The van der Waals surface area contributed by atoms with Gasteiger partial charge in [-0.25, -0.2) is 0 Å². The van der Waals surface area contributed by atoms with E-state index >= 15 is 0 Å². The molecule has 0 saturated heterocycles. The largest absolute Gasteiger partial charge is 0.493 e. The Kier molecular flexibility index (Phi) is 9.77. The van der Waals surface area contributed by atoms with E-state index in [0.29, 0.717) is 60.6 Å². The van der Waals surface area contributed by atoms with Crippen molar-refractivity contribution in [3.05, 3.63) is 89.8 Å². The number of carbonyl (C=O) groups is 1. The van der Waals surface area contributed by atoms with Crippen LogP contribution in [-0.4, -0.2) is 62.5 Å². The Labute approximate surface area is 233 Å². The number of nitrogens with zero attached hydrogens (tertiary/aromatic N) is 3. The average Bonchev–Trinajstić information content (AvgIpc) is 3.49. The molecule has 9 heteroatoms. The summed E-state index contributed by atoms with van der Waals surface area (Å²) in [5.74, 6) is 3.25. The van der Waals surface area contributed by atoms with Crippen LogP contribution in [0.3, 0.4) is 0 Å². The number of hydrogen-bond acceptors (Lipinski definition) is 8. The highest BCUT2D eigenvalue weighted by molar-refractivity contribution is 5.91. The quantitative estimate of drug-likeness (QED) is 0.215. The lowest BCUT2D eigenvalue weighted by molar-refractivity contribution is -0.126. The predicted octanol–water partition coefficient (Wildman–Crippen LogP) is 5.10. The highest BCUT2D eigenvalue weighted by Crippen LogP contribution is 2.31. The van der Waals surface area contributed by atoms with Gasteiger partial charge >= 0.3 is 0 Å². The fourth-order valence-electron chi connectivity index (χ4n) is 4.15. The zero-order valence-corrected chi connectivity index (χ0v) is 23.1. The van der Waals surface area contributed by atoms with Gasteiger partial charge in [0.15, 0.2) is 23.0 Å². The van der Waals surface area contributed by atoms with Crippen LogP contribution in [0.2, 0.25) is 0 Å². The van der Waals surface area contributed by atoms with Crippen LogP contribution in [0.15, 0.2) is 77.3 Å². The van der Waals surface area contributed by atoms with Gasteiger partial charge in [-0.1, -0.05) is 41.6 Å². The van der Waals surface area contributed by atoms with E-state index in [1.807, 2.05) is 60.7 Å². The van der Waals surface area contributed by atoms with E-state index in [-0.39, 0.29) is 5.91 Å². The van der Waals surface area contributed by atoms with Crippen molar-refractivity contribution in [3.63, 3.8) is 0 Å². The molecule has 0 unspecified atom stereocenters. The van der Waals surface area contributed by atoms with Crippen molar-refractivity contribution in [2.24, 2.45) is 0 Å². The molecule has 0 aliphatic heterocycles. The molecule has 0 aliphatic carbocycles. The normalized spacial score (nSPS) is 10.9. The van der Waals surface area contributed by atoms with Crippen LogP contribution < -0.4 is 18.9 Å². The first-order chi connectivity index (χ1) is 19.5. The van der Waals surface area contributed by atoms with Crippen LogP contribution in [0.25, 0.3) is 17.5 Å². The Hall–Kier alpha value is -4.79. The summed E-state index contributed by atoms with van der Waals surface area (Å²) in [4.78, 5) is 19.6. The first-order valence-corrected chi connectivity index (χ1v) is 12.8. The third-order valence-corrected chi connectivity index (χ3v) is 6.35. The van der Waals surface area contributed by atoms with E-state index in [0.717, 1.165) is 16.7 Å². The van der Waals surface area contributed by atoms with Crippen molar-refractivity contribution < 1.29 is 28.3 Å². The van der Waals surface area contributed by atoms with Gasteiger partial charge in [0.2, 0.25) is 17.6 Å². The van der Waals surface area contributed by atoms with Gasteiger partial charge in [-0.3, -0.25) is 4.79 Å². The van der Waals surface area contributed by atoms with Crippen molar-refractivity contribution in [1.29, 1.82) is 0 Å². The fourth-order valence-corrected chi connectivity index (χ4v) is 4.15. The minimum absolute atomic E-state index is 0.107. The molecular formula is C31H33N3O6. The molecule has 208 valence electrons. The number of methoxy groups -OCH3 is 4. The monoisotopic (exact) mass is 543 g/mol. The first-order valence-electron chi connectivity index (χ1n) is 12.8. The fraction of sp³-hybridized carbons (Fsp3) is 0.258. The summed E-state index contributed by atoms with van der Waals surface area (Å²) in [7, 11) is 6.36. The number of ether oxygens (including phenoxy) is 4. The molecule has 0 saturated carbocycles. The van der Waals surface area contributed by atoms with Gasteiger partial charge in [0.25, 0.3) is 0 Å². The first kappa shape index (κ1) is 28.2. The Morgan fingerprint density at radius 3 is 2.15 bits per heavy atom. The number of hydrogen-bond donors (Lipinski definition) is 0. The molecule has 0 aliphatic rings.